The SMILES string of the molecule is Cc1ccc(O)c(C)c1-n1c(N)c2c3c(ncnc31)C=C(c1ccccn1)NC2=O. The maximum atomic E-state index is 13.2. The largest absolute Gasteiger partial charge is 0.508 e. The van der Waals surface area contributed by atoms with Gasteiger partial charge >= 0.3 is 0 Å². The van der Waals surface area contributed by atoms with Crippen LogP contribution in [-0.2, 0) is 0 Å². The van der Waals surface area contributed by atoms with Crippen molar-refractivity contribution in [1.29, 1.82) is 0 Å². The minimum Gasteiger partial charge on any atom is -0.508 e. The number of aromatic nitrogens is 4. The van der Waals surface area contributed by atoms with Crippen LogP contribution >= 0.6 is 0 Å². The number of hydrogen-bond donors (Lipinski definition) is 3. The summed E-state index contributed by atoms with van der Waals surface area (Å²) >= 11 is 0. The van der Waals surface area contributed by atoms with Crippen molar-refractivity contribution in [3.05, 3.63) is 70.9 Å². The Bertz CT molecular complexity index is 1370. The van der Waals surface area contributed by atoms with Crippen molar-refractivity contribution in [1.82, 2.24) is 24.8 Å². The molecule has 1 amide bonds. The Morgan fingerprint density at radius 1 is 1.10 bits per heavy atom. The lowest BCUT2D eigenvalue weighted by molar-refractivity contribution is 0.0976. The molecule has 1 aromatic carbocycles. The lowest BCUT2D eigenvalue weighted by Gasteiger charge is -2.15. The smallest absolute Gasteiger partial charge is 0.260 e. The van der Waals surface area contributed by atoms with Crippen molar-refractivity contribution >= 4 is 34.5 Å². The Labute approximate surface area is 171 Å². The summed E-state index contributed by atoms with van der Waals surface area (Å²) in [5.41, 5.74) is 11.2. The molecule has 5 rings (SSSR count). The Morgan fingerprint density at radius 2 is 1.93 bits per heavy atom. The number of phenolic OH excluding ortho intramolecular Hbond substituents is 1. The van der Waals surface area contributed by atoms with Crippen molar-refractivity contribution in [3.8, 4) is 11.4 Å². The van der Waals surface area contributed by atoms with Crippen LogP contribution in [0.4, 0.5) is 5.82 Å². The van der Waals surface area contributed by atoms with Gasteiger partial charge in [0.15, 0.2) is 5.65 Å². The van der Waals surface area contributed by atoms with E-state index < -0.39 is 0 Å². The van der Waals surface area contributed by atoms with E-state index in [4.69, 9.17) is 5.73 Å². The highest BCUT2D eigenvalue weighted by Crippen LogP contribution is 2.38. The van der Waals surface area contributed by atoms with E-state index in [9.17, 15) is 9.90 Å². The number of carbonyl (C=O) groups excluding carboxylic acids is 1. The van der Waals surface area contributed by atoms with Crippen molar-refractivity contribution in [2.24, 2.45) is 0 Å². The Kier molecular flexibility index (Phi) is 3.82. The molecular formula is C22H18N6O2. The molecule has 3 aromatic heterocycles. The lowest BCUT2D eigenvalue weighted by Crippen LogP contribution is -2.22. The molecule has 0 atom stereocenters. The number of carbonyl (C=O) groups is 1. The normalized spacial score (nSPS) is 13.1. The Balaban J connectivity index is 1.85. The predicted octanol–water partition coefficient (Wildman–Crippen LogP) is 2.96. The summed E-state index contributed by atoms with van der Waals surface area (Å²) < 4.78 is 1.71. The minimum absolute atomic E-state index is 0.140. The monoisotopic (exact) mass is 398 g/mol. The number of phenols is 1. The van der Waals surface area contributed by atoms with Crippen molar-refractivity contribution in [3.63, 3.8) is 0 Å². The van der Waals surface area contributed by atoms with E-state index in [1.807, 2.05) is 19.1 Å². The minimum atomic E-state index is -0.364. The first-order valence-electron chi connectivity index (χ1n) is 9.36. The molecule has 0 bridgehead atoms. The lowest BCUT2D eigenvalue weighted by atomic mass is 10.1. The molecule has 0 saturated carbocycles. The van der Waals surface area contributed by atoms with E-state index >= 15 is 0 Å². The van der Waals surface area contributed by atoms with E-state index in [1.54, 1.807) is 42.0 Å². The quantitative estimate of drug-likeness (QED) is 0.478. The summed E-state index contributed by atoms with van der Waals surface area (Å²) in [6.07, 6.45) is 4.87. The highest BCUT2D eigenvalue weighted by molar-refractivity contribution is 6.18. The van der Waals surface area contributed by atoms with Crippen LogP contribution in [0, 0.1) is 13.8 Å². The molecule has 30 heavy (non-hydrogen) atoms. The van der Waals surface area contributed by atoms with Gasteiger partial charge in [0.05, 0.1) is 33.7 Å². The summed E-state index contributed by atoms with van der Waals surface area (Å²) in [6, 6.07) is 8.90. The van der Waals surface area contributed by atoms with Crippen LogP contribution in [0.2, 0.25) is 0 Å². The van der Waals surface area contributed by atoms with Crippen molar-refractivity contribution in [2.75, 3.05) is 5.73 Å². The van der Waals surface area contributed by atoms with Crippen LogP contribution in [-0.4, -0.2) is 30.5 Å². The maximum absolute atomic E-state index is 13.2. The third kappa shape index (κ3) is 2.47. The van der Waals surface area contributed by atoms with E-state index in [0.29, 0.717) is 44.9 Å². The van der Waals surface area contributed by atoms with Gasteiger partial charge in [-0.15, -0.1) is 0 Å². The molecule has 0 aliphatic carbocycles. The fourth-order valence-corrected chi connectivity index (χ4v) is 3.91. The van der Waals surface area contributed by atoms with Gasteiger partial charge in [-0.3, -0.25) is 14.3 Å². The van der Waals surface area contributed by atoms with E-state index in [2.05, 4.69) is 20.3 Å². The summed E-state index contributed by atoms with van der Waals surface area (Å²) in [7, 11) is 0. The molecule has 1 aliphatic rings. The summed E-state index contributed by atoms with van der Waals surface area (Å²) in [5, 5.41) is 13.7. The number of nitrogen functional groups attached to an aromatic ring is 1. The summed E-state index contributed by atoms with van der Waals surface area (Å²) in [5.74, 6) is 0.00967. The third-order valence-corrected chi connectivity index (χ3v) is 5.34. The maximum Gasteiger partial charge on any atom is 0.260 e. The standard InChI is InChI=1S/C22H18N6O2/c1-11-6-7-16(29)12(2)19(11)28-20(23)18-17-15(25-10-26-21(17)28)9-14(27-22(18)30)13-5-3-4-8-24-13/h3-10,29H,23H2,1-2H3,(H,27,30). The molecule has 4 aromatic rings. The van der Waals surface area contributed by atoms with E-state index in [-0.39, 0.29) is 17.5 Å². The first-order chi connectivity index (χ1) is 14.5. The number of pyridine rings is 1. The van der Waals surface area contributed by atoms with Crippen LogP contribution in [0.3, 0.4) is 0 Å². The van der Waals surface area contributed by atoms with Crippen molar-refractivity contribution < 1.29 is 9.90 Å². The fourth-order valence-electron chi connectivity index (χ4n) is 3.91. The third-order valence-electron chi connectivity index (χ3n) is 5.34. The van der Waals surface area contributed by atoms with Crippen LogP contribution in [0.25, 0.3) is 28.5 Å². The molecular weight excluding hydrogens is 380 g/mol. The Hall–Kier alpha value is -4.20. The molecule has 0 radical (unpaired) electrons. The number of aromatic hydroxyl groups is 1. The van der Waals surface area contributed by atoms with Gasteiger partial charge in [-0.1, -0.05) is 12.1 Å². The van der Waals surface area contributed by atoms with Gasteiger partial charge in [0, 0.05) is 11.8 Å². The molecule has 0 spiro atoms. The van der Waals surface area contributed by atoms with E-state index in [1.165, 1.54) is 6.33 Å². The molecule has 4 N–H and O–H groups in total. The molecule has 1 aliphatic heterocycles. The second-order valence-corrected chi connectivity index (χ2v) is 7.16. The van der Waals surface area contributed by atoms with Gasteiger partial charge in [0.2, 0.25) is 0 Å². The molecule has 8 nitrogen and oxygen atoms in total. The number of nitrogens with zero attached hydrogens (tertiary/aromatic N) is 4. The zero-order chi connectivity index (χ0) is 21.0. The van der Waals surface area contributed by atoms with Gasteiger partial charge in [0.25, 0.3) is 5.91 Å². The number of nitrogens with one attached hydrogen (secondary N) is 1. The highest BCUT2D eigenvalue weighted by atomic mass is 16.3. The van der Waals surface area contributed by atoms with Gasteiger partial charge in [-0.2, -0.15) is 0 Å². The molecule has 4 heterocycles. The number of anilines is 1. The topological polar surface area (TPSA) is 119 Å². The number of rotatable bonds is 2. The zero-order valence-corrected chi connectivity index (χ0v) is 16.3. The zero-order valence-electron chi connectivity index (χ0n) is 16.3. The number of aryl methyl sites for hydroxylation is 1. The van der Waals surface area contributed by atoms with Crippen LogP contribution in [0.1, 0.15) is 32.9 Å². The van der Waals surface area contributed by atoms with Gasteiger partial charge < -0.3 is 16.2 Å². The molecule has 148 valence electrons. The predicted molar refractivity (Wildman–Crippen MR) is 114 cm³/mol. The summed E-state index contributed by atoms with van der Waals surface area (Å²) in [4.78, 5) is 26.3. The number of hydrogen-bond acceptors (Lipinski definition) is 6. The fraction of sp³-hybridized carbons (Fsp3) is 0.0909. The van der Waals surface area contributed by atoms with Gasteiger partial charge in [-0.25, -0.2) is 9.97 Å². The van der Waals surface area contributed by atoms with Crippen LogP contribution in [0.5, 0.6) is 5.75 Å². The first kappa shape index (κ1) is 17.9. The number of benzene rings is 1. The second-order valence-electron chi connectivity index (χ2n) is 7.16. The average molecular weight is 398 g/mol. The van der Waals surface area contributed by atoms with Crippen molar-refractivity contribution in [2.45, 2.75) is 13.8 Å². The van der Waals surface area contributed by atoms with Crippen LogP contribution < -0.4 is 11.1 Å². The van der Waals surface area contributed by atoms with E-state index in [0.717, 1.165) is 5.56 Å². The van der Waals surface area contributed by atoms with Gasteiger partial charge in [-0.05, 0) is 43.7 Å². The van der Waals surface area contributed by atoms with Crippen LogP contribution in [0.15, 0.2) is 42.9 Å². The molecule has 0 unspecified atom stereocenters. The molecule has 0 fully saturated rings. The molecule has 8 heteroatoms. The number of nitrogens with two attached hydrogens (primary N) is 1. The number of amides is 1. The Morgan fingerprint density at radius 3 is 2.70 bits per heavy atom. The average Bonchev–Trinajstić information content (AvgIpc) is 2.94. The highest BCUT2D eigenvalue weighted by Gasteiger charge is 2.29. The molecule has 0 saturated heterocycles. The van der Waals surface area contributed by atoms with Gasteiger partial charge in [0.1, 0.15) is 17.9 Å². The second kappa shape index (κ2) is 6.41. The summed E-state index contributed by atoms with van der Waals surface area (Å²) in [6.45, 7) is 3.72. The first-order valence-corrected chi connectivity index (χ1v) is 9.36.